The normalized spacial score (nSPS) is 13.6. The Kier molecular flexibility index (Phi) is 5.92. The van der Waals surface area contributed by atoms with E-state index in [2.05, 4.69) is 6.58 Å². The lowest BCUT2D eigenvalue weighted by atomic mass is 9.81. The molecule has 0 saturated heterocycles. The van der Waals surface area contributed by atoms with Crippen molar-refractivity contribution in [2.45, 2.75) is 32.3 Å². The summed E-state index contributed by atoms with van der Waals surface area (Å²) in [4.78, 5) is 26.0. The van der Waals surface area contributed by atoms with Gasteiger partial charge < -0.3 is 4.74 Å². The van der Waals surface area contributed by atoms with Crippen LogP contribution in [-0.2, 0) is 9.53 Å². The SMILES string of the molecule is C=C[C@@H](c1ccccc1)[C@@H](C(=O)OC(C)(C)C)C(=O)c1ccccc1. The monoisotopic (exact) mass is 336 g/mol. The van der Waals surface area contributed by atoms with Gasteiger partial charge in [-0.1, -0.05) is 66.7 Å². The summed E-state index contributed by atoms with van der Waals surface area (Å²) >= 11 is 0. The average molecular weight is 336 g/mol. The zero-order valence-electron chi connectivity index (χ0n) is 14.9. The van der Waals surface area contributed by atoms with Crippen LogP contribution in [0.15, 0.2) is 73.3 Å². The van der Waals surface area contributed by atoms with E-state index >= 15 is 0 Å². The third-order valence-corrected chi connectivity index (χ3v) is 3.80. The molecule has 0 aromatic heterocycles. The van der Waals surface area contributed by atoms with E-state index in [1.807, 2.05) is 36.4 Å². The minimum absolute atomic E-state index is 0.261. The van der Waals surface area contributed by atoms with Crippen molar-refractivity contribution in [3.63, 3.8) is 0 Å². The fraction of sp³-hybridized carbons (Fsp3) is 0.273. The van der Waals surface area contributed by atoms with Crippen LogP contribution in [0.3, 0.4) is 0 Å². The predicted molar refractivity (Wildman–Crippen MR) is 99.5 cm³/mol. The van der Waals surface area contributed by atoms with Gasteiger partial charge in [-0.05, 0) is 26.3 Å². The van der Waals surface area contributed by atoms with Crippen LogP contribution in [0.2, 0.25) is 0 Å². The number of benzene rings is 2. The number of allylic oxidation sites excluding steroid dienone is 1. The molecule has 0 radical (unpaired) electrons. The largest absolute Gasteiger partial charge is 0.459 e. The van der Waals surface area contributed by atoms with Crippen LogP contribution in [-0.4, -0.2) is 17.4 Å². The molecule has 0 amide bonds. The highest BCUT2D eigenvalue weighted by molar-refractivity contribution is 6.09. The molecule has 2 aromatic rings. The molecule has 0 heterocycles. The number of esters is 1. The van der Waals surface area contributed by atoms with Crippen molar-refractivity contribution in [2.24, 2.45) is 5.92 Å². The molecule has 2 atom stereocenters. The topological polar surface area (TPSA) is 43.4 Å². The second-order valence-electron chi connectivity index (χ2n) is 6.91. The van der Waals surface area contributed by atoms with Crippen molar-refractivity contribution < 1.29 is 14.3 Å². The van der Waals surface area contributed by atoms with Gasteiger partial charge in [-0.25, -0.2) is 0 Å². The van der Waals surface area contributed by atoms with Gasteiger partial charge >= 0.3 is 5.97 Å². The van der Waals surface area contributed by atoms with Crippen LogP contribution >= 0.6 is 0 Å². The number of carbonyl (C=O) groups is 2. The molecule has 0 bridgehead atoms. The molecule has 0 aliphatic heterocycles. The van der Waals surface area contributed by atoms with Crippen LogP contribution in [0.5, 0.6) is 0 Å². The van der Waals surface area contributed by atoms with E-state index < -0.39 is 23.4 Å². The Morgan fingerprint density at radius 3 is 1.96 bits per heavy atom. The number of hydrogen-bond acceptors (Lipinski definition) is 3. The van der Waals surface area contributed by atoms with Crippen molar-refractivity contribution in [2.75, 3.05) is 0 Å². The summed E-state index contributed by atoms with van der Waals surface area (Å²) < 4.78 is 5.54. The first-order valence-corrected chi connectivity index (χ1v) is 8.33. The molecule has 0 aliphatic carbocycles. The van der Waals surface area contributed by atoms with Crippen molar-refractivity contribution >= 4 is 11.8 Å². The van der Waals surface area contributed by atoms with Gasteiger partial charge in [0.2, 0.25) is 0 Å². The second kappa shape index (κ2) is 7.93. The number of rotatable bonds is 6. The summed E-state index contributed by atoms with van der Waals surface area (Å²) in [5.74, 6) is -2.22. The molecule has 0 spiro atoms. The molecule has 25 heavy (non-hydrogen) atoms. The van der Waals surface area contributed by atoms with E-state index in [0.717, 1.165) is 5.56 Å². The summed E-state index contributed by atoms with van der Waals surface area (Å²) in [6.07, 6.45) is 1.64. The molecule has 0 saturated carbocycles. The van der Waals surface area contributed by atoms with Gasteiger partial charge in [0.05, 0.1) is 0 Å². The Labute approximate surface area is 149 Å². The first-order valence-electron chi connectivity index (χ1n) is 8.33. The van der Waals surface area contributed by atoms with Gasteiger partial charge in [0.25, 0.3) is 0 Å². The Morgan fingerprint density at radius 1 is 0.960 bits per heavy atom. The molecule has 2 aromatic carbocycles. The highest BCUT2D eigenvalue weighted by Crippen LogP contribution is 2.31. The first-order chi connectivity index (χ1) is 11.8. The molecule has 0 unspecified atom stereocenters. The zero-order valence-corrected chi connectivity index (χ0v) is 14.9. The highest BCUT2D eigenvalue weighted by Gasteiger charge is 2.37. The molecule has 3 nitrogen and oxygen atoms in total. The minimum Gasteiger partial charge on any atom is -0.459 e. The minimum atomic E-state index is -0.971. The number of ketones is 1. The van der Waals surface area contributed by atoms with Crippen LogP contribution in [0.25, 0.3) is 0 Å². The number of ether oxygens (including phenoxy) is 1. The first kappa shape index (κ1) is 18.7. The maximum Gasteiger partial charge on any atom is 0.318 e. The van der Waals surface area contributed by atoms with E-state index in [1.54, 1.807) is 51.1 Å². The Morgan fingerprint density at radius 2 is 1.48 bits per heavy atom. The van der Waals surface area contributed by atoms with Gasteiger partial charge in [0.15, 0.2) is 5.78 Å². The fourth-order valence-electron chi connectivity index (χ4n) is 2.70. The molecule has 0 N–H and O–H groups in total. The summed E-state index contributed by atoms with van der Waals surface area (Å²) in [5.41, 5.74) is 0.674. The summed E-state index contributed by atoms with van der Waals surface area (Å²) in [6, 6.07) is 18.3. The predicted octanol–water partition coefficient (Wildman–Crippen LogP) is 4.80. The van der Waals surface area contributed by atoms with E-state index in [9.17, 15) is 9.59 Å². The maximum absolute atomic E-state index is 13.1. The van der Waals surface area contributed by atoms with Crippen molar-refractivity contribution in [3.05, 3.63) is 84.4 Å². The Balaban J connectivity index is 2.46. The third-order valence-electron chi connectivity index (χ3n) is 3.80. The molecule has 2 rings (SSSR count). The van der Waals surface area contributed by atoms with Gasteiger partial charge in [-0.2, -0.15) is 0 Å². The van der Waals surface area contributed by atoms with Crippen molar-refractivity contribution in [3.8, 4) is 0 Å². The van der Waals surface area contributed by atoms with E-state index in [-0.39, 0.29) is 5.78 Å². The van der Waals surface area contributed by atoms with Crippen molar-refractivity contribution in [1.29, 1.82) is 0 Å². The lowest BCUT2D eigenvalue weighted by Crippen LogP contribution is -2.36. The summed E-state index contributed by atoms with van der Waals surface area (Å²) in [5, 5.41) is 0. The quantitative estimate of drug-likeness (QED) is 0.329. The molecule has 3 heteroatoms. The molecule has 0 fully saturated rings. The van der Waals surface area contributed by atoms with Crippen LogP contribution in [0, 0.1) is 5.92 Å². The number of hydrogen-bond donors (Lipinski definition) is 0. The third kappa shape index (κ3) is 4.90. The lowest BCUT2D eigenvalue weighted by molar-refractivity contribution is -0.158. The zero-order chi connectivity index (χ0) is 18.4. The van der Waals surface area contributed by atoms with Gasteiger partial charge in [-0.3, -0.25) is 9.59 Å². The number of carbonyl (C=O) groups excluding carboxylic acids is 2. The highest BCUT2D eigenvalue weighted by atomic mass is 16.6. The lowest BCUT2D eigenvalue weighted by Gasteiger charge is -2.27. The standard InChI is InChI=1S/C22H24O3/c1-5-18(16-12-8-6-9-13-16)19(21(24)25-22(2,3)4)20(23)17-14-10-7-11-15-17/h5-15,18-19H,1H2,2-4H3/t18-,19+/m0/s1. The van der Waals surface area contributed by atoms with Crippen LogP contribution in [0.4, 0.5) is 0 Å². The maximum atomic E-state index is 13.1. The summed E-state index contributed by atoms with van der Waals surface area (Å²) in [7, 11) is 0. The van der Waals surface area contributed by atoms with Crippen LogP contribution in [0.1, 0.15) is 42.6 Å². The van der Waals surface area contributed by atoms with E-state index in [1.165, 1.54) is 0 Å². The van der Waals surface area contributed by atoms with Crippen LogP contribution < -0.4 is 0 Å². The molecular weight excluding hydrogens is 312 g/mol. The second-order valence-corrected chi connectivity index (χ2v) is 6.91. The molecule has 0 aliphatic rings. The fourth-order valence-corrected chi connectivity index (χ4v) is 2.70. The van der Waals surface area contributed by atoms with E-state index in [4.69, 9.17) is 4.74 Å². The molecular formula is C22H24O3. The summed E-state index contributed by atoms with van der Waals surface area (Å²) in [6.45, 7) is 9.23. The van der Waals surface area contributed by atoms with Gasteiger partial charge in [0, 0.05) is 11.5 Å². The van der Waals surface area contributed by atoms with Crippen molar-refractivity contribution in [1.82, 2.24) is 0 Å². The van der Waals surface area contributed by atoms with Gasteiger partial charge in [0.1, 0.15) is 11.5 Å². The Hall–Kier alpha value is -2.68. The average Bonchev–Trinajstić information content (AvgIpc) is 2.59. The number of Topliss-reactive ketones (excluding diaryl/α,β-unsaturated/α-hetero) is 1. The van der Waals surface area contributed by atoms with E-state index in [0.29, 0.717) is 5.56 Å². The molecule has 130 valence electrons. The Bertz CT molecular complexity index is 727. The smallest absolute Gasteiger partial charge is 0.318 e. The van der Waals surface area contributed by atoms with Gasteiger partial charge in [-0.15, -0.1) is 6.58 Å².